The van der Waals surface area contributed by atoms with Crippen LogP contribution in [0.1, 0.15) is 41.2 Å². The van der Waals surface area contributed by atoms with Gasteiger partial charge in [0.25, 0.3) is 10.0 Å². The normalized spacial score (nSPS) is 11.9. The van der Waals surface area contributed by atoms with Crippen molar-refractivity contribution in [1.29, 1.82) is 0 Å². The number of hydrogen-bond donors (Lipinski definition) is 1. The highest BCUT2D eigenvalue weighted by atomic mass is 79.9. The molecule has 236 valence electrons. The summed E-state index contributed by atoms with van der Waals surface area (Å²) in [6, 6.07) is 28.3. The van der Waals surface area contributed by atoms with Gasteiger partial charge in [0.15, 0.2) is 0 Å². The molecule has 9 heteroatoms. The molecule has 4 rings (SSSR count). The second-order valence-corrected chi connectivity index (χ2v) is 14.1. The molecule has 4 aromatic carbocycles. The van der Waals surface area contributed by atoms with E-state index in [1.54, 1.807) is 36.4 Å². The summed E-state index contributed by atoms with van der Waals surface area (Å²) in [5.41, 5.74) is 4.74. The van der Waals surface area contributed by atoms with Crippen LogP contribution in [0.2, 0.25) is 0 Å². The Kier molecular flexibility index (Phi) is 11.6. The first-order valence-corrected chi connectivity index (χ1v) is 17.2. The zero-order valence-corrected chi connectivity index (χ0v) is 28.6. The molecule has 0 radical (unpaired) electrons. The summed E-state index contributed by atoms with van der Waals surface area (Å²) in [6.07, 6.45) is 1.00. The van der Waals surface area contributed by atoms with Crippen molar-refractivity contribution >= 4 is 43.5 Å². The smallest absolute Gasteiger partial charge is 0.264 e. The minimum atomic E-state index is -4.15. The fourth-order valence-corrected chi connectivity index (χ4v) is 7.06. The molecule has 0 spiro atoms. The molecule has 2 amide bonds. The standard InChI is InChI=1S/C36H40BrN3O4S/c1-5-18-38-36(42)34(23-29-10-7-6-8-11-29)39(24-30-12-9-13-31(37)22-30)35(41)25-40(32-20-27(3)19-28(4)21-32)45(43,44)33-16-14-26(2)15-17-33/h6-17,19-22,34H,5,18,23-25H2,1-4H3,(H,38,42). The molecule has 4 aromatic rings. The zero-order chi connectivity index (χ0) is 32.6. The molecule has 0 saturated heterocycles. The van der Waals surface area contributed by atoms with Gasteiger partial charge in [0.1, 0.15) is 12.6 Å². The number of carbonyl (C=O) groups excluding carboxylic acids is 2. The van der Waals surface area contributed by atoms with Crippen LogP contribution < -0.4 is 9.62 Å². The lowest BCUT2D eigenvalue weighted by molar-refractivity contribution is -0.140. The van der Waals surface area contributed by atoms with Crippen molar-refractivity contribution in [2.45, 2.75) is 58.0 Å². The van der Waals surface area contributed by atoms with Crippen LogP contribution in [0.4, 0.5) is 5.69 Å². The van der Waals surface area contributed by atoms with Crippen LogP contribution in [0.15, 0.2) is 106 Å². The van der Waals surface area contributed by atoms with E-state index < -0.39 is 28.5 Å². The second-order valence-electron chi connectivity index (χ2n) is 11.3. The largest absolute Gasteiger partial charge is 0.354 e. The molecule has 0 aliphatic heterocycles. The number of benzene rings is 4. The first-order chi connectivity index (χ1) is 21.5. The fourth-order valence-electron chi connectivity index (χ4n) is 5.21. The van der Waals surface area contributed by atoms with Crippen molar-refractivity contribution < 1.29 is 18.0 Å². The van der Waals surface area contributed by atoms with Gasteiger partial charge in [-0.1, -0.05) is 89.1 Å². The van der Waals surface area contributed by atoms with Gasteiger partial charge in [0.2, 0.25) is 11.8 Å². The third kappa shape index (κ3) is 9.05. The van der Waals surface area contributed by atoms with Gasteiger partial charge in [0.05, 0.1) is 10.6 Å². The number of amides is 2. The summed E-state index contributed by atoms with van der Waals surface area (Å²) in [5, 5.41) is 2.97. The Morgan fingerprint density at radius 3 is 2.07 bits per heavy atom. The van der Waals surface area contributed by atoms with Crippen molar-refractivity contribution in [1.82, 2.24) is 10.2 Å². The van der Waals surface area contributed by atoms with Gasteiger partial charge in [-0.2, -0.15) is 0 Å². The Hall–Kier alpha value is -3.95. The SMILES string of the molecule is CCCNC(=O)C(Cc1ccccc1)N(Cc1cccc(Br)c1)C(=O)CN(c1cc(C)cc(C)c1)S(=O)(=O)c1ccc(C)cc1. The summed E-state index contributed by atoms with van der Waals surface area (Å²) < 4.78 is 30.5. The van der Waals surface area contributed by atoms with Gasteiger partial charge < -0.3 is 10.2 Å². The van der Waals surface area contributed by atoms with Crippen LogP contribution in [-0.4, -0.2) is 44.3 Å². The van der Waals surface area contributed by atoms with E-state index in [9.17, 15) is 18.0 Å². The van der Waals surface area contributed by atoms with E-state index in [2.05, 4.69) is 21.2 Å². The van der Waals surface area contributed by atoms with E-state index in [4.69, 9.17) is 0 Å². The topological polar surface area (TPSA) is 86.8 Å². The molecule has 7 nitrogen and oxygen atoms in total. The monoisotopic (exact) mass is 689 g/mol. The number of hydrogen-bond acceptors (Lipinski definition) is 4. The molecule has 0 aromatic heterocycles. The van der Waals surface area contributed by atoms with Gasteiger partial charge in [-0.3, -0.25) is 13.9 Å². The average Bonchev–Trinajstić information content (AvgIpc) is 3.00. The lowest BCUT2D eigenvalue weighted by atomic mass is 10.0. The third-order valence-corrected chi connectivity index (χ3v) is 9.73. The maximum absolute atomic E-state index is 14.6. The van der Waals surface area contributed by atoms with Crippen molar-refractivity contribution in [2.75, 3.05) is 17.4 Å². The summed E-state index contributed by atoms with van der Waals surface area (Å²) in [7, 11) is -4.15. The molecule has 0 aliphatic rings. The summed E-state index contributed by atoms with van der Waals surface area (Å²) in [5.74, 6) is -0.777. The van der Waals surface area contributed by atoms with E-state index in [-0.39, 0.29) is 23.8 Å². The third-order valence-electron chi connectivity index (χ3n) is 7.44. The maximum Gasteiger partial charge on any atom is 0.264 e. The molecule has 0 aliphatic carbocycles. The van der Waals surface area contributed by atoms with E-state index in [1.807, 2.05) is 88.4 Å². The van der Waals surface area contributed by atoms with Gasteiger partial charge >= 0.3 is 0 Å². The number of nitrogens with one attached hydrogen (secondary N) is 1. The van der Waals surface area contributed by atoms with E-state index in [0.29, 0.717) is 12.2 Å². The number of halogens is 1. The van der Waals surface area contributed by atoms with Gasteiger partial charge in [-0.15, -0.1) is 0 Å². The predicted molar refractivity (Wildman–Crippen MR) is 184 cm³/mol. The Balaban J connectivity index is 1.82. The number of nitrogens with zero attached hydrogens (tertiary/aromatic N) is 2. The Bertz CT molecular complexity index is 1710. The van der Waals surface area contributed by atoms with Gasteiger partial charge in [-0.05, 0) is 85.8 Å². The summed E-state index contributed by atoms with van der Waals surface area (Å²) >= 11 is 3.51. The maximum atomic E-state index is 14.6. The Morgan fingerprint density at radius 1 is 0.800 bits per heavy atom. The van der Waals surface area contributed by atoms with Crippen LogP contribution in [0.5, 0.6) is 0 Å². The van der Waals surface area contributed by atoms with Crippen LogP contribution in [-0.2, 0) is 32.6 Å². The summed E-state index contributed by atoms with van der Waals surface area (Å²) in [4.78, 5) is 29.9. The predicted octanol–water partition coefficient (Wildman–Crippen LogP) is 6.74. The lowest BCUT2D eigenvalue weighted by Crippen LogP contribution is -2.53. The molecule has 0 fully saturated rings. The minimum Gasteiger partial charge on any atom is -0.354 e. The van der Waals surface area contributed by atoms with Gasteiger partial charge in [-0.25, -0.2) is 8.42 Å². The molecule has 0 bridgehead atoms. The van der Waals surface area contributed by atoms with Crippen molar-refractivity contribution in [3.63, 3.8) is 0 Å². The molecule has 1 N–H and O–H groups in total. The highest BCUT2D eigenvalue weighted by Gasteiger charge is 2.34. The summed E-state index contributed by atoms with van der Waals surface area (Å²) in [6.45, 7) is 7.72. The number of aryl methyl sites for hydroxylation is 3. The van der Waals surface area contributed by atoms with Crippen LogP contribution >= 0.6 is 15.9 Å². The van der Waals surface area contributed by atoms with Gasteiger partial charge in [0, 0.05) is 24.0 Å². The lowest BCUT2D eigenvalue weighted by Gasteiger charge is -2.34. The van der Waals surface area contributed by atoms with Crippen LogP contribution in [0.3, 0.4) is 0 Å². The molecule has 0 heterocycles. The molecular formula is C36H40BrN3O4S. The van der Waals surface area contributed by atoms with Crippen molar-refractivity contribution in [3.8, 4) is 0 Å². The average molecular weight is 691 g/mol. The minimum absolute atomic E-state index is 0.0834. The number of rotatable bonds is 13. The number of sulfonamides is 1. The van der Waals surface area contributed by atoms with E-state index in [1.165, 1.54) is 4.90 Å². The first kappa shape index (κ1) is 33.9. The Labute approximate surface area is 275 Å². The number of carbonyl (C=O) groups is 2. The molecular weight excluding hydrogens is 650 g/mol. The second kappa shape index (κ2) is 15.4. The Morgan fingerprint density at radius 2 is 1.44 bits per heavy atom. The zero-order valence-electron chi connectivity index (χ0n) is 26.2. The van der Waals surface area contributed by atoms with E-state index >= 15 is 0 Å². The van der Waals surface area contributed by atoms with Crippen LogP contribution in [0, 0.1) is 20.8 Å². The molecule has 1 unspecified atom stereocenters. The van der Waals surface area contributed by atoms with E-state index in [0.717, 1.165) is 43.0 Å². The highest BCUT2D eigenvalue weighted by Crippen LogP contribution is 2.27. The first-order valence-electron chi connectivity index (χ1n) is 15.0. The molecule has 1 atom stereocenters. The van der Waals surface area contributed by atoms with Crippen molar-refractivity contribution in [2.24, 2.45) is 0 Å². The quantitative estimate of drug-likeness (QED) is 0.169. The fraction of sp³-hybridized carbons (Fsp3) is 0.278. The molecule has 0 saturated carbocycles. The number of anilines is 1. The van der Waals surface area contributed by atoms with Crippen LogP contribution in [0.25, 0.3) is 0 Å². The van der Waals surface area contributed by atoms with Crippen molar-refractivity contribution in [3.05, 3.63) is 129 Å². The molecule has 45 heavy (non-hydrogen) atoms. The highest BCUT2D eigenvalue weighted by molar-refractivity contribution is 9.10.